The van der Waals surface area contributed by atoms with Crippen molar-refractivity contribution in [2.75, 3.05) is 20.3 Å². The highest BCUT2D eigenvalue weighted by molar-refractivity contribution is 5.65. The molecule has 0 amide bonds. The molecule has 9 rings (SSSR count). The average molecular weight is 973 g/mol. The maximum absolute atomic E-state index is 12.9. The van der Waals surface area contributed by atoms with Gasteiger partial charge in [0.05, 0.1) is 24.9 Å². The van der Waals surface area contributed by atoms with Gasteiger partial charge in [0.1, 0.15) is 79.4 Å². The number of aliphatic hydroxyl groups is 9. The van der Waals surface area contributed by atoms with E-state index < -0.39 is 135 Å². The zero-order valence-corrected chi connectivity index (χ0v) is 40.2. The van der Waals surface area contributed by atoms with Gasteiger partial charge in [-0.25, -0.2) is 0 Å². The number of carbonyl (C=O) groups is 1. The molecule has 20 heteroatoms. The molecular formula is C48H76O20. The van der Waals surface area contributed by atoms with Crippen molar-refractivity contribution in [2.45, 2.75) is 221 Å². The SMILES string of the molecule is COC1OC2(CCC1C)OC1CC3C4CC=C5CC(OC6OC(CO)C(OC7OC(COC(C)=O)C(O)C(O)C7O)C(O)C6OC6OC(C)C(O)C(O)C6O)CCC5(C)C4CCC3(C)C1(O)C2C. The maximum Gasteiger partial charge on any atom is 0.302 e. The van der Waals surface area contributed by atoms with Gasteiger partial charge in [-0.05, 0) is 81.5 Å². The number of methoxy groups -OCH3 is 1. The lowest BCUT2D eigenvalue weighted by Gasteiger charge is -2.60. The standard InChI is InChI=1S/C48H76O20/c1-20-10-15-47(68-41(20)59-7)22(3)48(58)31(67-47)17-28-26-9-8-24-16-25(11-13-45(24,5)27(26)12-14-46(28,48)6)62-44-40(66-42-36(55)34(53)32(51)21(2)61-42)38(57)39(29(18-49)63-44)65-43-37(56)35(54)33(52)30(64-43)19-60-23(4)50/h8,20-22,25-44,49,51-58H,9-19H2,1-7H3. The second kappa shape index (κ2) is 19.1. The van der Waals surface area contributed by atoms with Crippen LogP contribution in [0.1, 0.15) is 99.3 Å². The third-order valence-corrected chi connectivity index (χ3v) is 18.6. The highest BCUT2D eigenvalue weighted by Crippen LogP contribution is 2.72. The van der Waals surface area contributed by atoms with E-state index in [9.17, 15) is 50.8 Å². The predicted octanol–water partition coefficient (Wildman–Crippen LogP) is -0.128. The van der Waals surface area contributed by atoms with Crippen LogP contribution in [0.3, 0.4) is 0 Å². The summed E-state index contributed by atoms with van der Waals surface area (Å²) in [6.45, 7) is 10.2. The van der Waals surface area contributed by atoms with E-state index in [1.807, 2.05) is 0 Å². The number of hydrogen-bond donors (Lipinski definition) is 9. The first-order valence-electron chi connectivity index (χ1n) is 24.9. The van der Waals surface area contributed by atoms with Crippen molar-refractivity contribution in [3.8, 4) is 0 Å². The summed E-state index contributed by atoms with van der Waals surface area (Å²) in [7, 11) is 1.66. The van der Waals surface area contributed by atoms with Crippen LogP contribution in [0, 0.1) is 40.4 Å². The molecule has 27 atom stereocenters. The van der Waals surface area contributed by atoms with Gasteiger partial charge in [0.15, 0.2) is 30.9 Å². The van der Waals surface area contributed by atoms with Crippen molar-refractivity contribution in [1.29, 1.82) is 0 Å². The molecule has 3 saturated carbocycles. The van der Waals surface area contributed by atoms with Gasteiger partial charge in [-0.2, -0.15) is 0 Å². The molecule has 5 saturated heterocycles. The number of hydrogen-bond acceptors (Lipinski definition) is 20. The van der Waals surface area contributed by atoms with Crippen molar-refractivity contribution in [3.63, 3.8) is 0 Å². The molecule has 27 unspecified atom stereocenters. The van der Waals surface area contributed by atoms with Crippen LogP contribution < -0.4 is 0 Å². The Labute approximate surface area is 397 Å². The minimum absolute atomic E-state index is 0.165. The lowest BCUT2D eigenvalue weighted by Crippen LogP contribution is -2.67. The molecule has 388 valence electrons. The van der Waals surface area contributed by atoms with Gasteiger partial charge in [0.2, 0.25) is 0 Å². The first-order chi connectivity index (χ1) is 32.1. The summed E-state index contributed by atoms with van der Waals surface area (Å²) in [4.78, 5) is 11.5. The van der Waals surface area contributed by atoms with Crippen molar-refractivity contribution < 1.29 is 98.1 Å². The Kier molecular flexibility index (Phi) is 14.4. The topological polar surface area (TPSA) is 291 Å². The maximum atomic E-state index is 12.9. The molecule has 9 N–H and O–H groups in total. The van der Waals surface area contributed by atoms with Crippen LogP contribution in [0.5, 0.6) is 0 Å². The van der Waals surface area contributed by atoms with E-state index >= 15 is 0 Å². The minimum atomic E-state index is -1.87. The van der Waals surface area contributed by atoms with E-state index in [1.54, 1.807) is 7.11 Å². The number of esters is 1. The number of carbonyl (C=O) groups excluding carboxylic acids is 1. The molecule has 8 fully saturated rings. The fourth-order valence-electron chi connectivity index (χ4n) is 14.4. The molecule has 20 nitrogen and oxygen atoms in total. The van der Waals surface area contributed by atoms with Gasteiger partial charge in [-0.3, -0.25) is 4.79 Å². The van der Waals surface area contributed by atoms with Gasteiger partial charge in [-0.15, -0.1) is 0 Å². The largest absolute Gasteiger partial charge is 0.463 e. The van der Waals surface area contributed by atoms with E-state index in [1.165, 1.54) is 12.5 Å². The van der Waals surface area contributed by atoms with Crippen LogP contribution in [0.2, 0.25) is 0 Å². The summed E-state index contributed by atoms with van der Waals surface area (Å²) < 4.78 is 60.9. The fourth-order valence-corrected chi connectivity index (χ4v) is 14.4. The molecule has 0 aromatic rings. The molecule has 0 aromatic heterocycles. The molecule has 0 radical (unpaired) electrons. The second-order valence-electron chi connectivity index (χ2n) is 22.1. The van der Waals surface area contributed by atoms with Crippen molar-refractivity contribution in [1.82, 2.24) is 0 Å². The van der Waals surface area contributed by atoms with Crippen molar-refractivity contribution >= 4 is 5.97 Å². The van der Waals surface area contributed by atoms with Crippen molar-refractivity contribution in [3.05, 3.63) is 11.6 Å². The van der Waals surface area contributed by atoms with Crippen LogP contribution in [0.15, 0.2) is 11.6 Å². The van der Waals surface area contributed by atoms with Crippen LogP contribution in [-0.4, -0.2) is 194 Å². The van der Waals surface area contributed by atoms with E-state index in [4.69, 9.17) is 47.4 Å². The zero-order chi connectivity index (χ0) is 49.0. The summed E-state index contributed by atoms with van der Waals surface area (Å²) in [5, 5.41) is 100.0. The van der Waals surface area contributed by atoms with Gasteiger partial charge in [0.25, 0.3) is 0 Å². The number of ether oxygens (including phenoxy) is 10. The van der Waals surface area contributed by atoms with Crippen LogP contribution in [0.25, 0.3) is 0 Å². The molecule has 1 spiro atoms. The smallest absolute Gasteiger partial charge is 0.302 e. The van der Waals surface area contributed by atoms with Gasteiger partial charge in [0, 0.05) is 37.7 Å². The molecule has 68 heavy (non-hydrogen) atoms. The molecular weight excluding hydrogens is 897 g/mol. The summed E-state index contributed by atoms with van der Waals surface area (Å²) in [6.07, 6.45) is -15.7. The quantitative estimate of drug-likeness (QED) is 0.102. The lowest BCUT2D eigenvalue weighted by molar-refractivity contribution is -0.389. The third kappa shape index (κ3) is 8.25. The highest BCUT2D eigenvalue weighted by atomic mass is 16.8. The van der Waals surface area contributed by atoms with Crippen LogP contribution >= 0.6 is 0 Å². The Bertz CT molecular complexity index is 1840. The van der Waals surface area contributed by atoms with E-state index in [0.717, 1.165) is 45.4 Å². The fraction of sp³-hybridized carbons (Fsp3) is 0.938. The average Bonchev–Trinajstić information content (AvgIpc) is 3.66. The summed E-state index contributed by atoms with van der Waals surface area (Å²) >= 11 is 0. The monoisotopic (exact) mass is 972 g/mol. The first-order valence-corrected chi connectivity index (χ1v) is 24.9. The normalized spacial score (nSPS) is 55.7. The summed E-state index contributed by atoms with van der Waals surface area (Å²) in [5.74, 6) is -0.705. The van der Waals surface area contributed by atoms with Gasteiger partial charge >= 0.3 is 5.97 Å². The number of allylic oxidation sites excluding steroid dienone is 1. The molecule has 4 aliphatic carbocycles. The number of rotatable bonds is 10. The lowest BCUT2D eigenvalue weighted by atomic mass is 9.46. The third-order valence-electron chi connectivity index (χ3n) is 18.6. The predicted molar refractivity (Wildman–Crippen MR) is 231 cm³/mol. The van der Waals surface area contributed by atoms with E-state index in [2.05, 4.69) is 33.8 Å². The van der Waals surface area contributed by atoms with Crippen LogP contribution in [-0.2, 0) is 52.2 Å². The Hall–Kier alpha value is -1.51. The van der Waals surface area contributed by atoms with Gasteiger partial charge < -0.3 is 93.3 Å². The number of fused-ring (bicyclic) bond motifs is 7. The molecule has 0 aromatic carbocycles. The Morgan fingerprint density at radius 1 is 0.735 bits per heavy atom. The molecule has 5 heterocycles. The highest BCUT2D eigenvalue weighted by Gasteiger charge is 2.76. The Morgan fingerprint density at radius 2 is 1.41 bits per heavy atom. The second-order valence-corrected chi connectivity index (χ2v) is 22.1. The Morgan fingerprint density at radius 3 is 2.10 bits per heavy atom. The van der Waals surface area contributed by atoms with E-state index in [-0.39, 0.29) is 34.7 Å². The first kappa shape index (κ1) is 51.4. The molecule has 5 aliphatic heterocycles. The number of aliphatic hydroxyl groups excluding tert-OH is 8. The summed E-state index contributed by atoms with van der Waals surface area (Å²) in [5.41, 5.74) is -0.367. The van der Waals surface area contributed by atoms with E-state index in [0.29, 0.717) is 31.1 Å². The zero-order valence-electron chi connectivity index (χ0n) is 40.2. The summed E-state index contributed by atoms with van der Waals surface area (Å²) in [6, 6.07) is 0. The molecule has 9 aliphatic rings. The minimum Gasteiger partial charge on any atom is -0.463 e. The Balaban J connectivity index is 0.921. The van der Waals surface area contributed by atoms with Gasteiger partial charge in [-0.1, -0.05) is 39.3 Å². The van der Waals surface area contributed by atoms with Crippen molar-refractivity contribution in [2.24, 2.45) is 40.4 Å². The van der Waals surface area contributed by atoms with Crippen LogP contribution in [0.4, 0.5) is 0 Å². The molecule has 0 bridgehead atoms.